The van der Waals surface area contributed by atoms with E-state index in [0.717, 1.165) is 11.3 Å². The molecule has 0 heterocycles. The minimum Gasteiger partial charge on any atom is -0.493 e. The van der Waals surface area contributed by atoms with Crippen molar-refractivity contribution in [1.82, 2.24) is 5.32 Å². The Bertz CT molecular complexity index is 430. The molecule has 1 N–H and O–H groups in total. The summed E-state index contributed by atoms with van der Waals surface area (Å²) in [5.74, 6) is 0.739. The molecule has 106 valence electrons. The van der Waals surface area contributed by atoms with Crippen LogP contribution in [-0.4, -0.2) is 23.4 Å². The van der Waals surface area contributed by atoms with Gasteiger partial charge < -0.3 is 10.1 Å². The molecule has 1 rings (SSSR count). The number of carbonyl (C=O) groups is 1. The highest BCUT2D eigenvalue weighted by Crippen LogP contribution is 2.15. The number of rotatable bonds is 6. The van der Waals surface area contributed by atoms with E-state index in [1.54, 1.807) is 0 Å². The zero-order valence-electron chi connectivity index (χ0n) is 12.0. The van der Waals surface area contributed by atoms with Crippen LogP contribution in [-0.2, 0) is 4.79 Å². The van der Waals surface area contributed by atoms with E-state index in [1.807, 2.05) is 52.0 Å². The third-order valence-electron chi connectivity index (χ3n) is 3.04. The van der Waals surface area contributed by atoms with Gasteiger partial charge in [-0.05, 0) is 45.4 Å². The molecule has 0 spiro atoms. The second kappa shape index (κ2) is 6.80. The molecule has 0 aliphatic heterocycles. The van der Waals surface area contributed by atoms with Gasteiger partial charge in [-0.15, -0.1) is 11.6 Å². The standard InChI is InChI=1S/C15H22ClNO2/c1-11-6-5-7-13(10-11)19-9-8-14(18)17-15(3,4)12(2)16/h5-7,10,12H,8-9H2,1-4H3,(H,17,18). The number of carbonyl (C=O) groups excluding carboxylic acids is 1. The highest BCUT2D eigenvalue weighted by Gasteiger charge is 2.25. The van der Waals surface area contributed by atoms with E-state index in [0.29, 0.717) is 13.0 Å². The van der Waals surface area contributed by atoms with Crippen LogP contribution in [0.2, 0.25) is 0 Å². The summed E-state index contributed by atoms with van der Waals surface area (Å²) in [6.45, 7) is 8.05. The molecule has 1 unspecified atom stereocenters. The molecule has 0 fully saturated rings. The van der Waals surface area contributed by atoms with Crippen molar-refractivity contribution in [2.45, 2.75) is 45.0 Å². The summed E-state index contributed by atoms with van der Waals surface area (Å²) in [4.78, 5) is 11.8. The first-order valence-electron chi connectivity index (χ1n) is 6.46. The number of hydrogen-bond acceptors (Lipinski definition) is 2. The Balaban J connectivity index is 2.35. The largest absolute Gasteiger partial charge is 0.493 e. The molecule has 1 aromatic rings. The Labute approximate surface area is 120 Å². The minimum absolute atomic E-state index is 0.0508. The van der Waals surface area contributed by atoms with Crippen molar-refractivity contribution < 1.29 is 9.53 Å². The van der Waals surface area contributed by atoms with Gasteiger partial charge in [0.1, 0.15) is 5.75 Å². The summed E-state index contributed by atoms with van der Waals surface area (Å²) in [6, 6.07) is 7.77. The Hall–Kier alpha value is -1.22. The second-order valence-electron chi connectivity index (χ2n) is 5.30. The summed E-state index contributed by atoms with van der Waals surface area (Å²) in [6.07, 6.45) is 0.320. The summed E-state index contributed by atoms with van der Waals surface area (Å²) in [5.41, 5.74) is 0.723. The molecule has 0 saturated heterocycles. The van der Waals surface area contributed by atoms with Crippen molar-refractivity contribution >= 4 is 17.5 Å². The smallest absolute Gasteiger partial charge is 0.223 e. The third-order valence-corrected chi connectivity index (χ3v) is 3.59. The molecule has 0 aliphatic rings. The zero-order valence-corrected chi connectivity index (χ0v) is 12.8. The van der Waals surface area contributed by atoms with Crippen LogP contribution in [0.1, 0.15) is 32.8 Å². The lowest BCUT2D eigenvalue weighted by atomic mass is 10.0. The number of halogens is 1. The van der Waals surface area contributed by atoms with Crippen molar-refractivity contribution in [1.29, 1.82) is 0 Å². The van der Waals surface area contributed by atoms with Gasteiger partial charge in [-0.25, -0.2) is 0 Å². The van der Waals surface area contributed by atoms with Gasteiger partial charge >= 0.3 is 0 Å². The predicted molar refractivity (Wildman–Crippen MR) is 78.8 cm³/mol. The molecule has 0 saturated carbocycles. The van der Waals surface area contributed by atoms with Gasteiger partial charge in [-0.2, -0.15) is 0 Å². The molecule has 1 aromatic carbocycles. The number of hydrogen-bond donors (Lipinski definition) is 1. The Morgan fingerprint density at radius 1 is 1.47 bits per heavy atom. The highest BCUT2D eigenvalue weighted by molar-refractivity contribution is 6.21. The maximum Gasteiger partial charge on any atom is 0.223 e. The number of benzene rings is 1. The minimum atomic E-state index is -0.415. The first-order chi connectivity index (χ1) is 8.81. The highest BCUT2D eigenvalue weighted by atomic mass is 35.5. The van der Waals surface area contributed by atoms with Gasteiger partial charge in [-0.1, -0.05) is 12.1 Å². The van der Waals surface area contributed by atoms with Crippen LogP contribution < -0.4 is 10.1 Å². The maximum atomic E-state index is 11.8. The summed E-state index contributed by atoms with van der Waals surface area (Å²) >= 11 is 6.01. The average molecular weight is 284 g/mol. The van der Waals surface area contributed by atoms with E-state index in [2.05, 4.69) is 5.32 Å². The van der Waals surface area contributed by atoms with Crippen LogP contribution in [0.25, 0.3) is 0 Å². The van der Waals surface area contributed by atoms with E-state index in [-0.39, 0.29) is 11.3 Å². The van der Waals surface area contributed by atoms with Crippen molar-refractivity contribution in [2.75, 3.05) is 6.61 Å². The zero-order chi connectivity index (χ0) is 14.5. The van der Waals surface area contributed by atoms with Crippen molar-refractivity contribution in [3.05, 3.63) is 29.8 Å². The van der Waals surface area contributed by atoms with Crippen LogP contribution >= 0.6 is 11.6 Å². The first-order valence-corrected chi connectivity index (χ1v) is 6.89. The summed E-state index contributed by atoms with van der Waals surface area (Å²) in [5, 5.41) is 2.77. The fraction of sp³-hybridized carbons (Fsp3) is 0.533. The van der Waals surface area contributed by atoms with Gasteiger partial charge in [0.25, 0.3) is 0 Å². The molecule has 0 aromatic heterocycles. The second-order valence-corrected chi connectivity index (χ2v) is 5.96. The summed E-state index contributed by atoms with van der Waals surface area (Å²) < 4.78 is 5.54. The van der Waals surface area contributed by atoms with Crippen molar-refractivity contribution in [3.8, 4) is 5.75 Å². The Morgan fingerprint density at radius 3 is 2.74 bits per heavy atom. The normalized spacial score (nSPS) is 12.9. The van der Waals surface area contributed by atoms with E-state index in [1.165, 1.54) is 0 Å². The molecule has 0 radical (unpaired) electrons. The lowest BCUT2D eigenvalue weighted by Crippen LogP contribution is -2.49. The van der Waals surface area contributed by atoms with Crippen LogP contribution in [0.4, 0.5) is 0 Å². The quantitative estimate of drug-likeness (QED) is 0.814. The van der Waals surface area contributed by atoms with Crippen molar-refractivity contribution in [2.24, 2.45) is 0 Å². The molecule has 1 atom stereocenters. The van der Waals surface area contributed by atoms with Gasteiger partial charge in [0.05, 0.1) is 23.9 Å². The van der Waals surface area contributed by atoms with Gasteiger partial charge in [0.15, 0.2) is 0 Å². The van der Waals surface area contributed by atoms with Gasteiger partial charge in [0, 0.05) is 0 Å². The molecule has 3 nitrogen and oxygen atoms in total. The number of aryl methyl sites for hydroxylation is 1. The Kier molecular flexibility index (Phi) is 5.67. The maximum absolute atomic E-state index is 11.8. The summed E-state index contributed by atoms with van der Waals surface area (Å²) in [7, 11) is 0. The molecule has 1 amide bonds. The van der Waals surface area contributed by atoms with E-state index >= 15 is 0 Å². The topological polar surface area (TPSA) is 38.3 Å². The Morgan fingerprint density at radius 2 is 2.16 bits per heavy atom. The fourth-order valence-electron chi connectivity index (χ4n) is 1.49. The first kappa shape index (κ1) is 15.8. The van der Waals surface area contributed by atoms with E-state index < -0.39 is 5.54 Å². The number of alkyl halides is 1. The molecule has 0 aliphatic carbocycles. The average Bonchev–Trinajstić information content (AvgIpc) is 2.28. The predicted octanol–water partition coefficient (Wildman–Crippen LogP) is 3.29. The fourth-order valence-corrected chi connectivity index (χ4v) is 1.54. The lowest BCUT2D eigenvalue weighted by Gasteiger charge is -2.28. The van der Waals surface area contributed by atoms with Gasteiger partial charge in [0.2, 0.25) is 5.91 Å². The molecular formula is C15H22ClNO2. The SMILES string of the molecule is Cc1cccc(OCCC(=O)NC(C)(C)C(C)Cl)c1. The van der Waals surface area contributed by atoms with Crippen molar-refractivity contribution in [3.63, 3.8) is 0 Å². The monoisotopic (exact) mass is 283 g/mol. The van der Waals surface area contributed by atoms with E-state index in [9.17, 15) is 4.79 Å². The molecule has 4 heteroatoms. The number of amides is 1. The lowest BCUT2D eigenvalue weighted by molar-refractivity contribution is -0.123. The number of nitrogens with one attached hydrogen (secondary N) is 1. The molecule has 19 heavy (non-hydrogen) atoms. The van der Waals surface area contributed by atoms with Crippen LogP contribution in [0.3, 0.4) is 0 Å². The van der Waals surface area contributed by atoms with Crippen LogP contribution in [0, 0.1) is 6.92 Å². The van der Waals surface area contributed by atoms with E-state index in [4.69, 9.17) is 16.3 Å². The molecule has 0 bridgehead atoms. The molecular weight excluding hydrogens is 262 g/mol. The van der Waals surface area contributed by atoms with Gasteiger partial charge in [-0.3, -0.25) is 4.79 Å². The third kappa shape index (κ3) is 5.52. The number of ether oxygens (including phenoxy) is 1. The van der Waals surface area contributed by atoms with Crippen LogP contribution in [0.15, 0.2) is 24.3 Å². The van der Waals surface area contributed by atoms with Crippen LogP contribution in [0.5, 0.6) is 5.75 Å².